The van der Waals surface area contributed by atoms with Gasteiger partial charge in [-0.25, -0.2) is 9.48 Å². The van der Waals surface area contributed by atoms with Gasteiger partial charge in [0.2, 0.25) is 5.91 Å². The summed E-state index contributed by atoms with van der Waals surface area (Å²) in [4.78, 5) is 25.8. The Balaban J connectivity index is 2.28. The first-order valence-electron chi connectivity index (χ1n) is 8.71. The van der Waals surface area contributed by atoms with Crippen LogP contribution in [0.1, 0.15) is 23.7 Å². The molecule has 1 atom stereocenters. The van der Waals surface area contributed by atoms with E-state index in [9.17, 15) is 9.59 Å². The van der Waals surface area contributed by atoms with Gasteiger partial charge in [0, 0.05) is 20.6 Å². The van der Waals surface area contributed by atoms with Crippen molar-refractivity contribution in [1.29, 1.82) is 0 Å². The lowest BCUT2D eigenvalue weighted by atomic mass is 10.1. The molecule has 8 heteroatoms. The normalized spacial score (nSPS) is 11.8. The number of benzene rings is 1. The fourth-order valence-corrected chi connectivity index (χ4v) is 3.24. The SMILES string of the molecule is CNC(=O)[C@H](C)CN(C)C(=O)Nc1c(Br)c(C)nn1-c1cc(C)cc(C)c1. The number of carbonyl (C=O) groups excluding carboxylic acids is 2. The number of nitrogens with one attached hydrogen (secondary N) is 2. The minimum atomic E-state index is -0.308. The van der Waals surface area contributed by atoms with Crippen LogP contribution in [0.5, 0.6) is 0 Å². The fourth-order valence-electron chi connectivity index (χ4n) is 2.90. The lowest BCUT2D eigenvalue weighted by Gasteiger charge is -2.21. The zero-order valence-corrected chi connectivity index (χ0v) is 18.1. The van der Waals surface area contributed by atoms with Crippen LogP contribution in [0.15, 0.2) is 22.7 Å². The Labute approximate surface area is 168 Å². The molecule has 0 radical (unpaired) electrons. The van der Waals surface area contributed by atoms with Crippen molar-refractivity contribution in [2.45, 2.75) is 27.7 Å². The highest BCUT2D eigenvalue weighted by molar-refractivity contribution is 9.10. The second-order valence-corrected chi connectivity index (χ2v) is 7.62. The number of aromatic nitrogens is 2. The molecular weight excluding hydrogens is 410 g/mol. The van der Waals surface area contributed by atoms with E-state index in [1.165, 1.54) is 4.90 Å². The maximum atomic E-state index is 12.7. The predicted octanol–water partition coefficient (Wildman–Crippen LogP) is 3.41. The van der Waals surface area contributed by atoms with Crippen molar-refractivity contribution in [2.24, 2.45) is 5.92 Å². The molecule has 2 N–H and O–H groups in total. The van der Waals surface area contributed by atoms with E-state index in [2.05, 4.69) is 37.7 Å². The minimum Gasteiger partial charge on any atom is -0.359 e. The van der Waals surface area contributed by atoms with Gasteiger partial charge in [-0.05, 0) is 60.0 Å². The average molecular weight is 436 g/mol. The second kappa shape index (κ2) is 8.56. The first-order valence-corrected chi connectivity index (χ1v) is 9.50. The van der Waals surface area contributed by atoms with Crippen LogP contribution in [-0.4, -0.2) is 47.3 Å². The van der Waals surface area contributed by atoms with Crippen molar-refractivity contribution < 1.29 is 9.59 Å². The Bertz CT molecular complexity index is 842. The van der Waals surface area contributed by atoms with E-state index in [0.29, 0.717) is 12.4 Å². The molecular formula is C19H26BrN5O2. The molecule has 0 unspecified atom stereocenters. The van der Waals surface area contributed by atoms with Crippen LogP contribution >= 0.6 is 15.9 Å². The summed E-state index contributed by atoms with van der Waals surface area (Å²) >= 11 is 3.52. The van der Waals surface area contributed by atoms with Gasteiger partial charge in [-0.1, -0.05) is 13.0 Å². The molecule has 0 fully saturated rings. The number of urea groups is 1. The highest BCUT2D eigenvalue weighted by Crippen LogP contribution is 2.29. The van der Waals surface area contributed by atoms with Crippen molar-refractivity contribution in [1.82, 2.24) is 20.0 Å². The fraction of sp³-hybridized carbons (Fsp3) is 0.421. The van der Waals surface area contributed by atoms with E-state index >= 15 is 0 Å². The number of aryl methyl sites for hydroxylation is 3. The van der Waals surface area contributed by atoms with Crippen molar-refractivity contribution in [3.8, 4) is 5.69 Å². The summed E-state index contributed by atoms with van der Waals surface area (Å²) in [6.07, 6.45) is 0. The molecule has 1 aromatic heterocycles. The molecule has 0 spiro atoms. The van der Waals surface area contributed by atoms with Crippen LogP contribution in [-0.2, 0) is 4.79 Å². The van der Waals surface area contributed by atoms with E-state index in [1.807, 2.05) is 32.9 Å². The molecule has 2 rings (SSSR count). The zero-order chi connectivity index (χ0) is 20.3. The topological polar surface area (TPSA) is 79.3 Å². The molecule has 0 aliphatic rings. The van der Waals surface area contributed by atoms with E-state index < -0.39 is 0 Å². The summed E-state index contributed by atoms with van der Waals surface area (Å²) in [5.74, 6) is 0.147. The molecule has 146 valence electrons. The number of rotatable bonds is 5. The Kier molecular flexibility index (Phi) is 6.64. The second-order valence-electron chi connectivity index (χ2n) is 6.83. The molecule has 27 heavy (non-hydrogen) atoms. The van der Waals surface area contributed by atoms with Crippen LogP contribution in [0.4, 0.5) is 10.6 Å². The first kappa shape index (κ1) is 21.0. The zero-order valence-electron chi connectivity index (χ0n) is 16.6. The molecule has 0 aliphatic carbocycles. The summed E-state index contributed by atoms with van der Waals surface area (Å²) in [6, 6.07) is 5.80. The quantitative estimate of drug-likeness (QED) is 0.754. The van der Waals surface area contributed by atoms with Crippen LogP contribution in [0.25, 0.3) is 5.69 Å². The van der Waals surface area contributed by atoms with Gasteiger partial charge in [0.1, 0.15) is 0 Å². The molecule has 0 aliphatic heterocycles. The number of nitrogens with zero attached hydrogens (tertiary/aromatic N) is 3. The molecule has 7 nitrogen and oxygen atoms in total. The lowest BCUT2D eigenvalue weighted by Crippen LogP contribution is -2.39. The number of carbonyl (C=O) groups is 2. The molecule has 0 saturated carbocycles. The summed E-state index contributed by atoms with van der Waals surface area (Å²) in [5.41, 5.74) is 3.87. The Morgan fingerprint density at radius 3 is 2.37 bits per heavy atom. The minimum absolute atomic E-state index is 0.105. The van der Waals surface area contributed by atoms with Crippen molar-refractivity contribution >= 4 is 33.7 Å². The van der Waals surface area contributed by atoms with E-state index in [-0.39, 0.29) is 17.9 Å². The number of amides is 3. The summed E-state index contributed by atoms with van der Waals surface area (Å²) < 4.78 is 2.44. The third kappa shape index (κ3) is 4.88. The van der Waals surface area contributed by atoms with Gasteiger partial charge in [0.25, 0.3) is 0 Å². The largest absolute Gasteiger partial charge is 0.359 e. The van der Waals surface area contributed by atoms with Gasteiger partial charge in [-0.3, -0.25) is 10.1 Å². The van der Waals surface area contributed by atoms with Crippen molar-refractivity contribution in [3.05, 3.63) is 39.5 Å². The van der Waals surface area contributed by atoms with Crippen LogP contribution in [0.2, 0.25) is 0 Å². The summed E-state index contributed by atoms with van der Waals surface area (Å²) in [7, 11) is 3.24. The summed E-state index contributed by atoms with van der Waals surface area (Å²) in [5, 5.41) is 10.1. The van der Waals surface area contributed by atoms with Gasteiger partial charge in [0.05, 0.1) is 21.8 Å². The average Bonchev–Trinajstić information content (AvgIpc) is 2.88. The lowest BCUT2D eigenvalue weighted by molar-refractivity contribution is -0.124. The molecule has 1 aromatic carbocycles. The maximum Gasteiger partial charge on any atom is 0.322 e. The van der Waals surface area contributed by atoms with Crippen LogP contribution in [0.3, 0.4) is 0 Å². The Morgan fingerprint density at radius 1 is 1.22 bits per heavy atom. The highest BCUT2D eigenvalue weighted by Gasteiger charge is 2.21. The standard InChI is InChI=1S/C19H26BrN5O2/c1-11-7-12(2)9-15(8-11)25-17(16(20)14(4)23-25)22-19(27)24(6)10-13(3)18(26)21-5/h7-9,13H,10H2,1-6H3,(H,21,26)(H,22,27)/t13-/m1/s1. The first-order chi connectivity index (χ1) is 12.6. The number of hydrogen-bond donors (Lipinski definition) is 2. The predicted molar refractivity (Wildman–Crippen MR) is 110 cm³/mol. The molecule has 0 saturated heterocycles. The third-order valence-electron chi connectivity index (χ3n) is 4.25. The summed E-state index contributed by atoms with van der Waals surface area (Å²) in [6.45, 7) is 8.00. The van der Waals surface area contributed by atoms with Gasteiger partial charge in [-0.15, -0.1) is 0 Å². The number of anilines is 1. The van der Waals surface area contributed by atoms with Gasteiger partial charge < -0.3 is 10.2 Å². The third-order valence-corrected chi connectivity index (χ3v) is 5.20. The van der Waals surface area contributed by atoms with E-state index in [4.69, 9.17) is 0 Å². The van der Waals surface area contributed by atoms with Gasteiger partial charge >= 0.3 is 6.03 Å². The Morgan fingerprint density at radius 2 is 1.81 bits per heavy atom. The van der Waals surface area contributed by atoms with Crippen molar-refractivity contribution in [3.63, 3.8) is 0 Å². The molecule has 2 aromatic rings. The molecule has 0 bridgehead atoms. The maximum absolute atomic E-state index is 12.7. The molecule has 3 amide bonds. The molecule has 1 heterocycles. The highest BCUT2D eigenvalue weighted by atomic mass is 79.9. The van der Waals surface area contributed by atoms with Gasteiger partial charge in [-0.2, -0.15) is 5.10 Å². The van der Waals surface area contributed by atoms with Crippen LogP contribution in [0, 0.1) is 26.7 Å². The van der Waals surface area contributed by atoms with Gasteiger partial charge in [0.15, 0.2) is 5.82 Å². The van der Waals surface area contributed by atoms with Crippen LogP contribution < -0.4 is 10.6 Å². The monoisotopic (exact) mass is 435 g/mol. The number of halogens is 1. The number of hydrogen-bond acceptors (Lipinski definition) is 3. The van der Waals surface area contributed by atoms with E-state index in [1.54, 1.807) is 25.7 Å². The smallest absolute Gasteiger partial charge is 0.322 e. The van der Waals surface area contributed by atoms with E-state index in [0.717, 1.165) is 27.0 Å². The van der Waals surface area contributed by atoms with Crippen molar-refractivity contribution in [2.75, 3.05) is 26.0 Å². The Hall–Kier alpha value is -2.35.